The summed E-state index contributed by atoms with van der Waals surface area (Å²) in [4.78, 5) is 53.3. The zero-order valence-electron chi connectivity index (χ0n) is 14.1. The van der Waals surface area contributed by atoms with Crippen molar-refractivity contribution < 1.29 is 19.8 Å². The number of aromatic amines is 2. The van der Waals surface area contributed by atoms with E-state index < -0.39 is 22.8 Å². The molecule has 4 aromatic rings. The Morgan fingerprint density at radius 3 is 1.61 bits per heavy atom. The van der Waals surface area contributed by atoms with Gasteiger partial charge in [0.1, 0.15) is 11.4 Å². The van der Waals surface area contributed by atoms with Gasteiger partial charge in [-0.1, -0.05) is 30.3 Å². The van der Waals surface area contributed by atoms with Crippen molar-refractivity contribution in [3.05, 3.63) is 80.4 Å². The van der Waals surface area contributed by atoms with E-state index >= 15 is 0 Å². The number of benzene rings is 2. The summed E-state index contributed by atoms with van der Waals surface area (Å²) in [6, 6.07) is 11.9. The van der Waals surface area contributed by atoms with Crippen LogP contribution in [0.5, 0.6) is 0 Å². The molecule has 2 heterocycles. The van der Waals surface area contributed by atoms with Gasteiger partial charge in [-0.25, -0.2) is 9.59 Å². The topological polar surface area (TPSA) is 140 Å². The highest BCUT2D eigenvalue weighted by molar-refractivity contribution is 6.10. The number of aromatic nitrogens is 2. The first-order valence-electron chi connectivity index (χ1n) is 8.16. The van der Waals surface area contributed by atoms with E-state index in [1.165, 1.54) is 6.07 Å². The van der Waals surface area contributed by atoms with Crippen LogP contribution in [0, 0.1) is 0 Å². The third-order valence-corrected chi connectivity index (χ3v) is 4.45. The fraction of sp³-hybridized carbons (Fsp3) is 0. The molecule has 0 bridgehead atoms. The lowest BCUT2D eigenvalue weighted by Gasteiger charge is -2.12. The van der Waals surface area contributed by atoms with Gasteiger partial charge in [-0.05, 0) is 11.6 Å². The summed E-state index contributed by atoms with van der Waals surface area (Å²) in [5, 5.41) is 18.9. The van der Waals surface area contributed by atoms with E-state index in [1.54, 1.807) is 30.3 Å². The van der Waals surface area contributed by atoms with Gasteiger partial charge in [0.15, 0.2) is 10.9 Å². The van der Waals surface area contributed by atoms with Crippen molar-refractivity contribution in [3.63, 3.8) is 0 Å². The Bertz CT molecular complexity index is 1310. The molecule has 0 saturated heterocycles. The largest absolute Gasteiger partial charge is 0.477 e. The second kappa shape index (κ2) is 6.20. The summed E-state index contributed by atoms with van der Waals surface area (Å²) in [6.07, 6.45) is 0. The lowest BCUT2D eigenvalue weighted by atomic mass is 9.97. The Labute approximate surface area is 155 Å². The first-order chi connectivity index (χ1) is 13.4. The molecule has 0 aliphatic heterocycles. The highest BCUT2D eigenvalue weighted by Crippen LogP contribution is 2.32. The number of aromatic carboxylic acids is 2. The van der Waals surface area contributed by atoms with Crippen molar-refractivity contribution in [3.8, 4) is 11.1 Å². The molecule has 0 radical (unpaired) electrons. The maximum atomic E-state index is 12.5. The van der Waals surface area contributed by atoms with Crippen LogP contribution < -0.4 is 10.9 Å². The minimum atomic E-state index is -1.31. The van der Waals surface area contributed by atoms with Gasteiger partial charge in [0, 0.05) is 28.5 Å². The van der Waals surface area contributed by atoms with Crippen molar-refractivity contribution in [2.75, 3.05) is 0 Å². The molecule has 0 aliphatic carbocycles. The number of fused-ring (bicyclic) bond motifs is 2. The Balaban J connectivity index is 2.31. The van der Waals surface area contributed by atoms with E-state index in [0.717, 1.165) is 12.1 Å². The maximum Gasteiger partial charge on any atom is 0.352 e. The second-order valence-corrected chi connectivity index (χ2v) is 6.17. The van der Waals surface area contributed by atoms with Crippen LogP contribution in [0.1, 0.15) is 21.0 Å². The Morgan fingerprint density at radius 1 is 0.714 bits per heavy atom. The zero-order chi connectivity index (χ0) is 20.0. The summed E-state index contributed by atoms with van der Waals surface area (Å²) >= 11 is 0. The molecule has 8 heteroatoms. The first kappa shape index (κ1) is 17.2. The molecule has 0 spiro atoms. The van der Waals surface area contributed by atoms with E-state index in [9.17, 15) is 29.4 Å². The van der Waals surface area contributed by atoms with Gasteiger partial charge in [0.05, 0.1) is 11.0 Å². The molecule has 0 amide bonds. The van der Waals surface area contributed by atoms with Crippen molar-refractivity contribution in [1.82, 2.24) is 9.97 Å². The lowest BCUT2D eigenvalue weighted by Crippen LogP contribution is -2.14. The third kappa shape index (κ3) is 2.64. The fourth-order valence-corrected chi connectivity index (χ4v) is 3.21. The van der Waals surface area contributed by atoms with Gasteiger partial charge in [-0.15, -0.1) is 0 Å². The van der Waals surface area contributed by atoms with Crippen LogP contribution in [0.3, 0.4) is 0 Å². The fourth-order valence-electron chi connectivity index (χ4n) is 3.21. The van der Waals surface area contributed by atoms with Crippen LogP contribution in [-0.4, -0.2) is 32.1 Å². The number of rotatable bonds is 3. The molecule has 2 aromatic heterocycles. The monoisotopic (exact) mass is 376 g/mol. The summed E-state index contributed by atoms with van der Waals surface area (Å²) in [6.45, 7) is 0. The van der Waals surface area contributed by atoms with E-state index in [0.29, 0.717) is 11.1 Å². The van der Waals surface area contributed by atoms with Crippen molar-refractivity contribution in [1.29, 1.82) is 0 Å². The molecule has 4 rings (SSSR count). The maximum absolute atomic E-state index is 12.5. The zero-order valence-corrected chi connectivity index (χ0v) is 14.1. The van der Waals surface area contributed by atoms with Crippen LogP contribution in [0.15, 0.2) is 58.1 Å². The predicted octanol–water partition coefficient (Wildman–Crippen LogP) is 2.43. The SMILES string of the molecule is O=C(O)c1cc(=O)c2cc3c(=O)cc(C(=O)O)[nH]c3c(-c3ccccc3)c2[nH]1. The van der Waals surface area contributed by atoms with Gasteiger partial charge < -0.3 is 20.2 Å². The second-order valence-electron chi connectivity index (χ2n) is 6.17. The molecule has 4 N–H and O–H groups in total. The Morgan fingerprint density at radius 2 is 1.18 bits per heavy atom. The lowest BCUT2D eigenvalue weighted by molar-refractivity contribution is 0.0680. The molecule has 0 aliphatic rings. The number of carboxylic acid groups (broad SMARTS) is 2. The van der Waals surface area contributed by atoms with Crippen LogP contribution in [0.25, 0.3) is 32.9 Å². The average molecular weight is 376 g/mol. The van der Waals surface area contributed by atoms with E-state index in [-0.39, 0.29) is 33.2 Å². The molecular formula is C20H12N2O6. The molecule has 0 fully saturated rings. The van der Waals surface area contributed by atoms with Crippen molar-refractivity contribution in [2.45, 2.75) is 0 Å². The van der Waals surface area contributed by atoms with Crippen LogP contribution in [0.4, 0.5) is 0 Å². The molecule has 0 saturated carbocycles. The van der Waals surface area contributed by atoms with Gasteiger partial charge >= 0.3 is 11.9 Å². The standard InChI is InChI=1S/C20H12N2O6/c23-14-7-12(19(25)26)21-17-10(14)6-11-15(24)8-13(20(27)28)22-18(11)16(17)9-4-2-1-3-5-9/h1-8H,(H,21,23)(H,22,24)(H,25,26)(H,27,28). The smallest absolute Gasteiger partial charge is 0.352 e. The van der Waals surface area contributed by atoms with Crippen molar-refractivity contribution >= 4 is 33.7 Å². The molecular weight excluding hydrogens is 364 g/mol. The summed E-state index contributed by atoms with van der Waals surface area (Å²) in [5.74, 6) is -2.63. The predicted molar refractivity (Wildman–Crippen MR) is 102 cm³/mol. The number of nitrogens with one attached hydrogen (secondary N) is 2. The highest BCUT2D eigenvalue weighted by atomic mass is 16.4. The Kier molecular flexibility index (Phi) is 3.82. The Hall–Kier alpha value is -4.20. The molecule has 2 aromatic carbocycles. The van der Waals surface area contributed by atoms with Crippen LogP contribution in [-0.2, 0) is 0 Å². The van der Waals surface area contributed by atoms with Gasteiger partial charge in [0.2, 0.25) is 0 Å². The quantitative estimate of drug-likeness (QED) is 0.405. The molecule has 0 unspecified atom stereocenters. The van der Waals surface area contributed by atoms with Gasteiger partial charge in [0.25, 0.3) is 0 Å². The number of pyridine rings is 2. The minimum Gasteiger partial charge on any atom is -0.477 e. The van der Waals surface area contributed by atoms with Gasteiger partial charge in [-0.2, -0.15) is 0 Å². The first-order valence-corrected chi connectivity index (χ1v) is 8.16. The molecule has 138 valence electrons. The number of H-pyrrole nitrogens is 2. The number of hydrogen-bond acceptors (Lipinski definition) is 4. The van der Waals surface area contributed by atoms with E-state index in [1.807, 2.05) is 0 Å². The summed E-state index contributed by atoms with van der Waals surface area (Å²) in [7, 11) is 0. The molecule has 8 nitrogen and oxygen atoms in total. The average Bonchev–Trinajstić information content (AvgIpc) is 2.67. The van der Waals surface area contributed by atoms with Crippen molar-refractivity contribution in [2.24, 2.45) is 0 Å². The minimum absolute atomic E-state index is 0.130. The van der Waals surface area contributed by atoms with E-state index in [2.05, 4.69) is 9.97 Å². The number of carbonyl (C=O) groups is 2. The van der Waals surface area contributed by atoms with E-state index in [4.69, 9.17) is 0 Å². The molecule has 28 heavy (non-hydrogen) atoms. The summed E-state index contributed by atoms with van der Waals surface area (Å²) < 4.78 is 0. The normalized spacial score (nSPS) is 11.0. The number of hydrogen-bond donors (Lipinski definition) is 4. The highest BCUT2D eigenvalue weighted by Gasteiger charge is 2.18. The third-order valence-electron chi connectivity index (χ3n) is 4.45. The van der Waals surface area contributed by atoms with Gasteiger partial charge in [-0.3, -0.25) is 9.59 Å². The van der Waals surface area contributed by atoms with Crippen LogP contribution >= 0.6 is 0 Å². The summed E-state index contributed by atoms with van der Waals surface area (Å²) in [5.41, 5.74) is -0.443. The molecule has 0 atom stereocenters. The number of carboxylic acids is 2. The van der Waals surface area contributed by atoms with Crippen LogP contribution in [0.2, 0.25) is 0 Å².